The Morgan fingerprint density at radius 3 is 2.24 bits per heavy atom. The zero-order chi connectivity index (χ0) is 17.3. The summed E-state index contributed by atoms with van der Waals surface area (Å²) < 4.78 is 5.78. The molecule has 1 N–H and O–H groups in total. The highest BCUT2D eigenvalue weighted by molar-refractivity contribution is 7.80. The van der Waals surface area contributed by atoms with Crippen LogP contribution in [0.5, 0.6) is 5.75 Å². The summed E-state index contributed by atoms with van der Waals surface area (Å²) in [5.74, 6) is 0.937. The number of hydrogen-bond donors (Lipinski definition) is 1. The Hall–Kier alpha value is -2.11. The average Bonchev–Trinajstić information content (AvgIpc) is 2.68. The fourth-order valence-electron chi connectivity index (χ4n) is 2.87. The average molecular weight is 356 g/mol. The minimum absolute atomic E-state index is 0.723. The molecule has 3 rings (SSSR count). The van der Waals surface area contributed by atoms with Crippen molar-refractivity contribution < 1.29 is 4.74 Å². The molecule has 25 heavy (non-hydrogen) atoms. The maximum Gasteiger partial charge on any atom is 0.169 e. The predicted molar refractivity (Wildman–Crippen MR) is 106 cm³/mol. The van der Waals surface area contributed by atoms with Crippen molar-refractivity contribution in [3.63, 3.8) is 0 Å². The number of nitrogens with zero attached hydrogens (tertiary/aromatic N) is 2. The van der Waals surface area contributed by atoms with E-state index in [4.69, 9.17) is 17.0 Å². The molecule has 1 saturated heterocycles. The van der Waals surface area contributed by atoms with Crippen molar-refractivity contribution >= 4 is 17.3 Å². The number of ether oxygens (including phenoxy) is 1. The number of thiocarbonyl (C=S) groups is 1. The smallest absolute Gasteiger partial charge is 0.169 e. The maximum atomic E-state index is 5.78. The summed E-state index contributed by atoms with van der Waals surface area (Å²) in [7, 11) is 0. The van der Waals surface area contributed by atoms with Crippen LogP contribution in [0.4, 0.5) is 0 Å². The first-order valence-corrected chi connectivity index (χ1v) is 9.19. The van der Waals surface area contributed by atoms with Gasteiger partial charge >= 0.3 is 0 Å². The van der Waals surface area contributed by atoms with Gasteiger partial charge in [-0.3, -0.25) is 4.90 Å². The molecule has 0 bridgehead atoms. The van der Waals surface area contributed by atoms with Gasteiger partial charge in [0.2, 0.25) is 0 Å². The lowest BCUT2D eigenvalue weighted by Gasteiger charge is -2.36. The van der Waals surface area contributed by atoms with E-state index in [-0.39, 0.29) is 0 Å². The Labute approximate surface area is 155 Å². The largest absolute Gasteiger partial charge is 0.492 e. The lowest BCUT2D eigenvalue weighted by Crippen LogP contribution is -2.52. The zero-order valence-electron chi connectivity index (χ0n) is 14.4. The Morgan fingerprint density at radius 1 is 0.920 bits per heavy atom. The van der Waals surface area contributed by atoms with E-state index in [2.05, 4.69) is 39.4 Å². The molecule has 0 atom stereocenters. The third-order valence-electron chi connectivity index (χ3n) is 4.37. The maximum absolute atomic E-state index is 5.78. The third-order valence-corrected chi connectivity index (χ3v) is 4.77. The molecule has 0 radical (unpaired) electrons. The zero-order valence-corrected chi connectivity index (χ0v) is 15.3. The molecule has 0 aromatic heterocycles. The van der Waals surface area contributed by atoms with E-state index in [0.717, 1.165) is 56.7 Å². The van der Waals surface area contributed by atoms with Gasteiger partial charge in [0.15, 0.2) is 5.11 Å². The lowest BCUT2D eigenvalue weighted by molar-refractivity contribution is 0.153. The summed E-state index contributed by atoms with van der Waals surface area (Å²) >= 11 is 5.53. The van der Waals surface area contributed by atoms with E-state index >= 15 is 0 Å². The van der Waals surface area contributed by atoms with Crippen molar-refractivity contribution in [2.24, 2.45) is 0 Å². The van der Waals surface area contributed by atoms with Crippen LogP contribution in [0.1, 0.15) is 5.56 Å². The van der Waals surface area contributed by atoms with Crippen LogP contribution < -0.4 is 10.1 Å². The molecule has 1 aliphatic heterocycles. The van der Waals surface area contributed by atoms with Gasteiger partial charge in [0.1, 0.15) is 12.4 Å². The van der Waals surface area contributed by atoms with Gasteiger partial charge < -0.3 is 15.0 Å². The van der Waals surface area contributed by atoms with Crippen molar-refractivity contribution in [2.75, 3.05) is 39.3 Å². The van der Waals surface area contributed by atoms with Gasteiger partial charge in [0, 0.05) is 39.3 Å². The van der Waals surface area contributed by atoms with Crippen molar-refractivity contribution in [3.8, 4) is 5.75 Å². The molecule has 0 aliphatic carbocycles. The van der Waals surface area contributed by atoms with E-state index in [1.165, 1.54) is 5.56 Å². The molecular weight excluding hydrogens is 330 g/mol. The van der Waals surface area contributed by atoms with E-state index in [1.54, 1.807) is 0 Å². The van der Waals surface area contributed by atoms with Crippen LogP contribution in [-0.2, 0) is 6.54 Å². The van der Waals surface area contributed by atoms with Gasteiger partial charge in [-0.25, -0.2) is 0 Å². The Balaban J connectivity index is 1.33. The van der Waals surface area contributed by atoms with Crippen LogP contribution >= 0.6 is 12.2 Å². The SMILES string of the molecule is S=C(NCc1ccccc1)N1CCN(CCOc2ccccc2)CC1. The second-order valence-electron chi connectivity index (χ2n) is 6.13. The van der Waals surface area contributed by atoms with E-state index in [1.807, 2.05) is 36.4 Å². The van der Waals surface area contributed by atoms with Gasteiger partial charge in [-0.05, 0) is 29.9 Å². The minimum Gasteiger partial charge on any atom is -0.492 e. The highest BCUT2D eigenvalue weighted by atomic mass is 32.1. The standard InChI is InChI=1S/C20H25N3OS/c25-20(21-17-18-7-3-1-4-8-18)23-13-11-22(12-14-23)15-16-24-19-9-5-2-6-10-19/h1-10H,11-17H2,(H,21,25). The second kappa shape index (κ2) is 9.39. The normalized spacial score (nSPS) is 15.0. The minimum atomic E-state index is 0.723. The molecule has 4 nitrogen and oxygen atoms in total. The van der Waals surface area contributed by atoms with Gasteiger partial charge in [0.25, 0.3) is 0 Å². The van der Waals surface area contributed by atoms with Crippen LogP contribution in [0.15, 0.2) is 60.7 Å². The highest BCUT2D eigenvalue weighted by Gasteiger charge is 2.18. The molecule has 1 heterocycles. The van der Waals surface area contributed by atoms with Crippen LogP contribution in [-0.4, -0.2) is 54.2 Å². The molecule has 132 valence electrons. The first-order chi connectivity index (χ1) is 12.3. The van der Waals surface area contributed by atoms with Gasteiger partial charge in [-0.15, -0.1) is 0 Å². The fraction of sp³-hybridized carbons (Fsp3) is 0.350. The van der Waals surface area contributed by atoms with Crippen molar-refractivity contribution in [3.05, 3.63) is 66.2 Å². The first-order valence-electron chi connectivity index (χ1n) is 8.78. The van der Waals surface area contributed by atoms with Gasteiger partial charge in [0.05, 0.1) is 0 Å². The fourth-order valence-corrected chi connectivity index (χ4v) is 3.12. The lowest BCUT2D eigenvalue weighted by atomic mass is 10.2. The number of rotatable bonds is 6. The summed E-state index contributed by atoms with van der Waals surface area (Å²) in [5, 5.41) is 4.21. The molecule has 0 spiro atoms. The monoisotopic (exact) mass is 355 g/mol. The Kier molecular flexibility index (Phi) is 6.65. The second-order valence-corrected chi connectivity index (χ2v) is 6.52. The molecule has 0 unspecified atom stereocenters. The van der Waals surface area contributed by atoms with Crippen LogP contribution in [0.3, 0.4) is 0 Å². The number of nitrogens with one attached hydrogen (secondary N) is 1. The quantitative estimate of drug-likeness (QED) is 0.805. The van der Waals surface area contributed by atoms with E-state index < -0.39 is 0 Å². The molecule has 2 aromatic rings. The van der Waals surface area contributed by atoms with E-state index in [9.17, 15) is 0 Å². The summed E-state index contributed by atoms with van der Waals surface area (Å²) in [6.07, 6.45) is 0. The predicted octanol–water partition coefficient (Wildman–Crippen LogP) is 2.76. The van der Waals surface area contributed by atoms with Crippen LogP contribution in [0.25, 0.3) is 0 Å². The molecule has 0 saturated carbocycles. The molecule has 1 aliphatic rings. The number of para-hydroxylation sites is 1. The molecule has 2 aromatic carbocycles. The van der Waals surface area contributed by atoms with Crippen molar-refractivity contribution in [1.82, 2.24) is 15.1 Å². The number of piperazine rings is 1. The van der Waals surface area contributed by atoms with Gasteiger partial charge in [-0.1, -0.05) is 48.5 Å². The van der Waals surface area contributed by atoms with Crippen molar-refractivity contribution in [1.29, 1.82) is 0 Å². The van der Waals surface area contributed by atoms with Crippen molar-refractivity contribution in [2.45, 2.75) is 6.54 Å². The number of benzene rings is 2. The molecule has 0 amide bonds. The Morgan fingerprint density at radius 2 is 1.56 bits per heavy atom. The summed E-state index contributed by atoms with van der Waals surface area (Å²) in [6.45, 7) is 6.42. The Bertz CT molecular complexity index is 643. The highest BCUT2D eigenvalue weighted by Crippen LogP contribution is 2.09. The molecular formula is C20H25N3OS. The topological polar surface area (TPSA) is 27.7 Å². The van der Waals surface area contributed by atoms with Crippen LogP contribution in [0, 0.1) is 0 Å². The first kappa shape index (κ1) is 17.7. The van der Waals surface area contributed by atoms with Gasteiger partial charge in [-0.2, -0.15) is 0 Å². The van der Waals surface area contributed by atoms with E-state index in [0.29, 0.717) is 0 Å². The van der Waals surface area contributed by atoms with Crippen LogP contribution in [0.2, 0.25) is 0 Å². The third kappa shape index (κ3) is 5.73. The number of hydrogen-bond acceptors (Lipinski definition) is 3. The summed E-state index contributed by atoms with van der Waals surface area (Å²) in [5.41, 5.74) is 1.25. The molecule has 5 heteroatoms. The summed E-state index contributed by atoms with van der Waals surface area (Å²) in [4.78, 5) is 4.69. The molecule has 1 fully saturated rings. The summed E-state index contributed by atoms with van der Waals surface area (Å²) in [6, 6.07) is 20.3.